The molecule has 2 aromatic rings. The van der Waals surface area contributed by atoms with Gasteiger partial charge in [0.1, 0.15) is 19.5 Å². The van der Waals surface area contributed by atoms with Gasteiger partial charge in [-0.05, 0) is 37.5 Å². The molecule has 1 aliphatic heterocycles. The molecule has 0 spiro atoms. The third-order valence-electron chi connectivity index (χ3n) is 4.52. The summed E-state index contributed by atoms with van der Waals surface area (Å²) in [6.45, 7) is 4.35. The lowest BCUT2D eigenvalue weighted by Crippen LogP contribution is -2.31. The van der Waals surface area contributed by atoms with E-state index in [0.717, 1.165) is 22.2 Å². The van der Waals surface area contributed by atoms with Gasteiger partial charge in [-0.25, -0.2) is 0 Å². The molecular weight excluding hydrogens is 352 g/mol. The molecule has 1 aromatic carbocycles. The third-order valence-corrected chi connectivity index (χ3v) is 5.46. The average molecular weight is 374 g/mol. The quantitative estimate of drug-likeness (QED) is 0.694. The van der Waals surface area contributed by atoms with Crippen LogP contribution in [-0.2, 0) is 11.3 Å². The number of carbonyl (C=O) groups is 1. The van der Waals surface area contributed by atoms with Crippen LogP contribution < -0.4 is 9.47 Å². The Bertz CT molecular complexity index is 790. The van der Waals surface area contributed by atoms with Crippen LogP contribution in [0.25, 0.3) is 0 Å². The summed E-state index contributed by atoms with van der Waals surface area (Å²) in [5, 5.41) is 8.95. The second-order valence-electron chi connectivity index (χ2n) is 6.43. The summed E-state index contributed by atoms with van der Waals surface area (Å²) < 4.78 is 13.3. The normalized spacial score (nSPS) is 15.7. The number of thioether (sulfide) groups is 1. The van der Waals surface area contributed by atoms with Gasteiger partial charge in [0.2, 0.25) is 5.91 Å². The number of ether oxygens (including phenoxy) is 2. The lowest BCUT2D eigenvalue weighted by Gasteiger charge is -2.23. The highest BCUT2D eigenvalue weighted by Crippen LogP contribution is 2.37. The minimum absolute atomic E-state index is 0.0951. The van der Waals surface area contributed by atoms with Crippen LogP contribution in [0.3, 0.4) is 0 Å². The summed E-state index contributed by atoms with van der Waals surface area (Å²) in [4.78, 5) is 14.5. The van der Waals surface area contributed by atoms with Crippen LogP contribution in [-0.4, -0.2) is 51.1 Å². The maximum Gasteiger partial charge on any atom is 0.233 e. The molecule has 1 aliphatic carbocycles. The summed E-state index contributed by atoms with van der Waals surface area (Å²) in [5.41, 5.74) is 1.04. The summed E-state index contributed by atoms with van der Waals surface area (Å²) >= 11 is 1.46. The number of rotatable bonds is 7. The van der Waals surface area contributed by atoms with E-state index in [1.807, 2.05) is 30.0 Å². The zero-order chi connectivity index (χ0) is 17.9. The van der Waals surface area contributed by atoms with Gasteiger partial charge in [0.25, 0.3) is 0 Å². The third kappa shape index (κ3) is 3.80. The minimum Gasteiger partial charge on any atom is -0.486 e. The van der Waals surface area contributed by atoms with Gasteiger partial charge in [0, 0.05) is 19.1 Å². The Morgan fingerprint density at radius 2 is 2.12 bits per heavy atom. The Labute approximate surface area is 156 Å². The summed E-state index contributed by atoms with van der Waals surface area (Å²) in [6, 6.07) is 6.37. The summed E-state index contributed by atoms with van der Waals surface area (Å²) in [5.74, 6) is 1.98. The molecule has 0 atom stereocenters. The molecule has 0 N–H and O–H groups in total. The second-order valence-corrected chi connectivity index (χ2v) is 7.37. The molecule has 0 unspecified atom stereocenters. The average Bonchev–Trinajstić information content (AvgIpc) is 3.41. The van der Waals surface area contributed by atoms with E-state index in [1.165, 1.54) is 24.6 Å². The molecule has 2 heterocycles. The van der Waals surface area contributed by atoms with E-state index in [2.05, 4.69) is 14.8 Å². The van der Waals surface area contributed by atoms with Crippen LogP contribution in [0.2, 0.25) is 0 Å². The monoisotopic (exact) mass is 374 g/mol. The number of benzene rings is 1. The van der Waals surface area contributed by atoms with Crippen LogP contribution in [0.5, 0.6) is 11.5 Å². The molecule has 138 valence electrons. The molecule has 0 bridgehead atoms. The van der Waals surface area contributed by atoms with Crippen molar-refractivity contribution in [2.24, 2.45) is 0 Å². The lowest BCUT2D eigenvalue weighted by atomic mass is 10.2. The van der Waals surface area contributed by atoms with Crippen molar-refractivity contribution in [3.8, 4) is 11.5 Å². The van der Waals surface area contributed by atoms with Crippen LogP contribution in [0.1, 0.15) is 31.4 Å². The molecule has 26 heavy (non-hydrogen) atoms. The zero-order valence-electron chi connectivity index (χ0n) is 14.8. The number of hydrogen-bond donors (Lipinski definition) is 0. The summed E-state index contributed by atoms with van der Waals surface area (Å²) in [6.07, 6.45) is 4.10. The second kappa shape index (κ2) is 7.57. The lowest BCUT2D eigenvalue weighted by molar-refractivity contribution is -0.128. The molecule has 2 aliphatic rings. The SMILES string of the molecule is CCN(Cc1ccc2c(c1)OCCO2)C(=O)CSc1nncn1C1CC1. The highest BCUT2D eigenvalue weighted by molar-refractivity contribution is 7.99. The maximum absolute atomic E-state index is 12.7. The number of aromatic nitrogens is 3. The Balaban J connectivity index is 1.37. The van der Waals surface area contributed by atoms with E-state index in [-0.39, 0.29) is 5.91 Å². The molecule has 1 aromatic heterocycles. The van der Waals surface area contributed by atoms with Gasteiger partial charge in [-0.3, -0.25) is 4.79 Å². The van der Waals surface area contributed by atoms with Crippen molar-refractivity contribution in [3.05, 3.63) is 30.1 Å². The molecule has 7 nitrogen and oxygen atoms in total. The number of carbonyl (C=O) groups excluding carboxylic acids is 1. The first-order valence-corrected chi connectivity index (χ1v) is 9.91. The van der Waals surface area contributed by atoms with Gasteiger partial charge in [-0.15, -0.1) is 10.2 Å². The van der Waals surface area contributed by atoms with Crippen molar-refractivity contribution in [1.29, 1.82) is 0 Å². The van der Waals surface area contributed by atoms with Crippen LogP contribution in [0.4, 0.5) is 0 Å². The predicted molar refractivity (Wildman–Crippen MR) is 97.5 cm³/mol. The van der Waals surface area contributed by atoms with Crippen LogP contribution >= 0.6 is 11.8 Å². The number of amides is 1. The fourth-order valence-electron chi connectivity index (χ4n) is 2.94. The fourth-order valence-corrected chi connectivity index (χ4v) is 3.82. The minimum atomic E-state index is 0.0951. The Morgan fingerprint density at radius 1 is 1.31 bits per heavy atom. The van der Waals surface area contributed by atoms with Crippen molar-refractivity contribution in [2.45, 2.75) is 37.5 Å². The van der Waals surface area contributed by atoms with E-state index in [4.69, 9.17) is 9.47 Å². The van der Waals surface area contributed by atoms with Gasteiger partial charge in [0.15, 0.2) is 16.7 Å². The molecule has 4 rings (SSSR count). The van der Waals surface area contributed by atoms with Crippen molar-refractivity contribution in [3.63, 3.8) is 0 Å². The van der Waals surface area contributed by atoms with E-state index in [0.29, 0.717) is 38.1 Å². The molecular formula is C18H22N4O3S. The Morgan fingerprint density at radius 3 is 2.88 bits per heavy atom. The highest BCUT2D eigenvalue weighted by atomic mass is 32.2. The van der Waals surface area contributed by atoms with Crippen LogP contribution in [0, 0.1) is 0 Å². The molecule has 1 saturated carbocycles. The Kier molecular flexibility index (Phi) is 5.01. The first kappa shape index (κ1) is 17.2. The first-order chi connectivity index (χ1) is 12.7. The van der Waals surface area contributed by atoms with E-state index < -0.39 is 0 Å². The van der Waals surface area contributed by atoms with E-state index in [1.54, 1.807) is 6.33 Å². The summed E-state index contributed by atoms with van der Waals surface area (Å²) in [7, 11) is 0. The first-order valence-electron chi connectivity index (χ1n) is 8.93. The van der Waals surface area contributed by atoms with Crippen molar-refractivity contribution >= 4 is 17.7 Å². The van der Waals surface area contributed by atoms with E-state index in [9.17, 15) is 4.79 Å². The van der Waals surface area contributed by atoms with Gasteiger partial charge in [-0.2, -0.15) is 0 Å². The van der Waals surface area contributed by atoms with Gasteiger partial charge < -0.3 is 18.9 Å². The Hall–Kier alpha value is -2.22. The molecule has 0 radical (unpaired) electrons. The number of hydrogen-bond acceptors (Lipinski definition) is 6. The fraction of sp³-hybridized carbons (Fsp3) is 0.500. The van der Waals surface area contributed by atoms with Crippen molar-refractivity contribution in [1.82, 2.24) is 19.7 Å². The molecule has 1 fully saturated rings. The van der Waals surface area contributed by atoms with Crippen LogP contribution in [0.15, 0.2) is 29.7 Å². The number of nitrogens with zero attached hydrogens (tertiary/aromatic N) is 4. The van der Waals surface area contributed by atoms with Gasteiger partial charge >= 0.3 is 0 Å². The molecule has 8 heteroatoms. The largest absolute Gasteiger partial charge is 0.486 e. The zero-order valence-corrected chi connectivity index (χ0v) is 15.6. The number of fused-ring (bicyclic) bond motifs is 1. The molecule has 0 saturated heterocycles. The van der Waals surface area contributed by atoms with Gasteiger partial charge in [0.05, 0.1) is 5.75 Å². The van der Waals surface area contributed by atoms with Crippen molar-refractivity contribution in [2.75, 3.05) is 25.5 Å². The predicted octanol–water partition coefficient (Wildman–Crippen LogP) is 2.53. The highest BCUT2D eigenvalue weighted by Gasteiger charge is 2.26. The molecule has 1 amide bonds. The topological polar surface area (TPSA) is 69.5 Å². The maximum atomic E-state index is 12.7. The van der Waals surface area contributed by atoms with Gasteiger partial charge in [-0.1, -0.05) is 17.8 Å². The van der Waals surface area contributed by atoms with E-state index >= 15 is 0 Å². The van der Waals surface area contributed by atoms with Crippen molar-refractivity contribution < 1.29 is 14.3 Å². The standard InChI is InChI=1S/C18H22N4O3S/c1-2-21(10-13-3-6-15-16(9-13)25-8-7-24-15)17(23)11-26-18-20-19-12-22(18)14-4-5-14/h3,6,9,12,14H,2,4-5,7-8,10-11H2,1H3. The smallest absolute Gasteiger partial charge is 0.233 e.